The maximum absolute atomic E-state index is 12.4. The zero-order valence-electron chi connectivity index (χ0n) is 13.1. The Morgan fingerprint density at radius 3 is 2.57 bits per heavy atom. The summed E-state index contributed by atoms with van der Waals surface area (Å²) in [6.07, 6.45) is 0.653. The predicted octanol–water partition coefficient (Wildman–Crippen LogP) is 5.01. The third-order valence-electron chi connectivity index (χ3n) is 3.83. The second kappa shape index (κ2) is 6.59. The van der Waals surface area contributed by atoms with Crippen molar-refractivity contribution < 1.29 is 9.15 Å². The van der Waals surface area contributed by atoms with Crippen LogP contribution in [0.25, 0.3) is 11.0 Å². The van der Waals surface area contributed by atoms with Crippen molar-refractivity contribution in [1.82, 2.24) is 0 Å². The molecule has 23 heavy (non-hydrogen) atoms. The summed E-state index contributed by atoms with van der Waals surface area (Å²) in [7, 11) is 0. The van der Waals surface area contributed by atoms with Gasteiger partial charge < -0.3 is 9.15 Å². The molecule has 0 amide bonds. The van der Waals surface area contributed by atoms with Crippen LogP contribution in [0.3, 0.4) is 0 Å². The monoisotopic (exact) mass is 372 g/mol. The first kappa shape index (κ1) is 15.8. The highest BCUT2D eigenvalue weighted by Crippen LogP contribution is 2.29. The number of fused-ring (bicyclic) bond motifs is 1. The molecule has 0 aliphatic carbocycles. The van der Waals surface area contributed by atoms with Crippen LogP contribution >= 0.6 is 15.9 Å². The van der Waals surface area contributed by atoms with Crippen molar-refractivity contribution in [3.63, 3.8) is 0 Å². The fourth-order valence-electron chi connectivity index (χ4n) is 2.52. The molecule has 1 heterocycles. The number of rotatable bonds is 4. The van der Waals surface area contributed by atoms with Gasteiger partial charge in [-0.3, -0.25) is 4.79 Å². The molecule has 0 radical (unpaired) electrons. The van der Waals surface area contributed by atoms with E-state index in [-0.39, 0.29) is 5.43 Å². The summed E-state index contributed by atoms with van der Waals surface area (Å²) in [6.45, 7) is 4.35. The lowest BCUT2D eigenvalue weighted by atomic mass is 10.1. The highest BCUT2D eigenvalue weighted by atomic mass is 79.9. The summed E-state index contributed by atoms with van der Waals surface area (Å²) in [4.78, 5) is 12.4. The Labute approximate surface area is 143 Å². The van der Waals surface area contributed by atoms with E-state index in [1.165, 1.54) is 0 Å². The molecule has 3 rings (SSSR count). The normalized spacial score (nSPS) is 10.9. The lowest BCUT2D eigenvalue weighted by Crippen LogP contribution is -2.07. The van der Waals surface area contributed by atoms with Gasteiger partial charge in [-0.15, -0.1) is 0 Å². The zero-order valence-corrected chi connectivity index (χ0v) is 14.6. The molecule has 118 valence electrons. The van der Waals surface area contributed by atoms with Gasteiger partial charge in [-0.2, -0.15) is 0 Å². The molecule has 0 saturated carbocycles. The Hall–Kier alpha value is -2.07. The van der Waals surface area contributed by atoms with Gasteiger partial charge in [-0.05, 0) is 40.5 Å². The zero-order chi connectivity index (χ0) is 16.4. The van der Waals surface area contributed by atoms with Gasteiger partial charge in [0.05, 0.1) is 5.39 Å². The molecule has 0 aliphatic heterocycles. The highest BCUT2D eigenvalue weighted by molar-refractivity contribution is 9.10. The number of hydrogen-bond acceptors (Lipinski definition) is 3. The van der Waals surface area contributed by atoms with Crippen LogP contribution in [0.15, 0.2) is 56.1 Å². The van der Waals surface area contributed by atoms with E-state index in [2.05, 4.69) is 15.9 Å². The molecular weight excluding hydrogens is 356 g/mol. The minimum Gasteiger partial charge on any atom is -0.488 e. The molecule has 0 spiro atoms. The van der Waals surface area contributed by atoms with Gasteiger partial charge in [0, 0.05) is 12.0 Å². The summed E-state index contributed by atoms with van der Waals surface area (Å²) in [5, 5.41) is 0.568. The third kappa shape index (κ3) is 3.04. The third-order valence-corrected chi connectivity index (χ3v) is 4.63. The molecule has 3 aromatic rings. The smallest absolute Gasteiger partial charge is 0.207 e. The van der Waals surface area contributed by atoms with Crippen molar-refractivity contribution in [2.75, 3.05) is 0 Å². The van der Waals surface area contributed by atoms with Crippen LogP contribution in [0.4, 0.5) is 0 Å². The van der Waals surface area contributed by atoms with Crippen molar-refractivity contribution in [3.05, 3.63) is 74.0 Å². The fraction of sp³-hybridized carbons (Fsp3) is 0.211. The molecule has 0 fully saturated rings. The van der Waals surface area contributed by atoms with E-state index in [9.17, 15) is 4.79 Å². The number of halogens is 1. The van der Waals surface area contributed by atoms with Gasteiger partial charge in [0.2, 0.25) is 5.43 Å². The lowest BCUT2D eigenvalue weighted by Gasteiger charge is -2.12. The number of benzene rings is 2. The Morgan fingerprint density at radius 2 is 1.87 bits per heavy atom. The summed E-state index contributed by atoms with van der Waals surface area (Å²) >= 11 is 3.33. The van der Waals surface area contributed by atoms with E-state index in [1.54, 1.807) is 6.07 Å². The minimum atomic E-state index is -0.0409. The first-order valence-corrected chi connectivity index (χ1v) is 8.32. The topological polar surface area (TPSA) is 39.4 Å². The number of ether oxygens (including phenoxy) is 1. The van der Waals surface area contributed by atoms with E-state index >= 15 is 0 Å². The van der Waals surface area contributed by atoms with Crippen molar-refractivity contribution in [3.8, 4) is 5.75 Å². The van der Waals surface area contributed by atoms with Gasteiger partial charge in [-0.1, -0.05) is 37.3 Å². The summed E-state index contributed by atoms with van der Waals surface area (Å²) in [5.41, 5.74) is 2.50. The molecule has 4 heteroatoms. The van der Waals surface area contributed by atoms with Crippen molar-refractivity contribution in [2.45, 2.75) is 26.9 Å². The average molecular weight is 373 g/mol. The molecule has 2 aromatic carbocycles. The SMILES string of the molecule is CCc1oc2c(C)c(OCc3ccccc3)ccc2c(=O)c1Br. The lowest BCUT2D eigenvalue weighted by molar-refractivity contribution is 0.304. The van der Waals surface area contributed by atoms with Crippen LogP contribution in [-0.4, -0.2) is 0 Å². The van der Waals surface area contributed by atoms with Crippen LogP contribution in [0.1, 0.15) is 23.8 Å². The second-order valence-corrected chi connectivity index (χ2v) is 6.15. The molecule has 1 aromatic heterocycles. The van der Waals surface area contributed by atoms with Crippen LogP contribution < -0.4 is 10.2 Å². The molecule has 0 atom stereocenters. The maximum atomic E-state index is 12.4. The second-order valence-electron chi connectivity index (χ2n) is 5.36. The van der Waals surface area contributed by atoms with Crippen LogP contribution in [0, 0.1) is 6.92 Å². The van der Waals surface area contributed by atoms with E-state index in [4.69, 9.17) is 9.15 Å². The van der Waals surface area contributed by atoms with Gasteiger partial charge in [0.1, 0.15) is 28.2 Å². The van der Waals surface area contributed by atoms with Gasteiger partial charge >= 0.3 is 0 Å². The van der Waals surface area contributed by atoms with Crippen LogP contribution in [0.2, 0.25) is 0 Å². The number of aryl methyl sites for hydroxylation is 2. The Kier molecular flexibility index (Phi) is 4.53. The number of hydrogen-bond donors (Lipinski definition) is 0. The quantitative estimate of drug-likeness (QED) is 0.646. The average Bonchev–Trinajstić information content (AvgIpc) is 2.58. The Bertz CT molecular complexity index is 898. The fourth-order valence-corrected chi connectivity index (χ4v) is 3.09. The van der Waals surface area contributed by atoms with Crippen LogP contribution in [0.5, 0.6) is 5.75 Å². The van der Waals surface area contributed by atoms with E-state index < -0.39 is 0 Å². The van der Waals surface area contributed by atoms with Gasteiger partial charge in [0.25, 0.3) is 0 Å². The molecule has 0 saturated heterocycles. The molecular formula is C19H17BrO3. The molecule has 3 nitrogen and oxygen atoms in total. The van der Waals surface area contributed by atoms with E-state index in [0.717, 1.165) is 16.9 Å². The molecule has 0 aliphatic rings. The van der Waals surface area contributed by atoms with Crippen molar-refractivity contribution in [1.29, 1.82) is 0 Å². The summed E-state index contributed by atoms with van der Waals surface area (Å²) in [5.74, 6) is 1.39. The maximum Gasteiger partial charge on any atom is 0.207 e. The van der Waals surface area contributed by atoms with Gasteiger partial charge in [0.15, 0.2) is 0 Å². The minimum absolute atomic E-state index is 0.0409. The summed E-state index contributed by atoms with van der Waals surface area (Å²) < 4.78 is 12.3. The Balaban J connectivity index is 2.01. The first-order chi connectivity index (χ1) is 11.1. The van der Waals surface area contributed by atoms with Gasteiger partial charge in [-0.25, -0.2) is 0 Å². The van der Waals surface area contributed by atoms with Crippen LogP contribution in [-0.2, 0) is 13.0 Å². The molecule has 0 bridgehead atoms. The largest absolute Gasteiger partial charge is 0.488 e. The van der Waals surface area contributed by atoms with Crippen molar-refractivity contribution >= 4 is 26.9 Å². The Morgan fingerprint density at radius 1 is 1.13 bits per heavy atom. The van der Waals surface area contributed by atoms with E-state index in [1.807, 2.05) is 50.2 Å². The standard InChI is InChI=1S/C19H17BrO3/c1-3-15-17(20)18(21)14-9-10-16(12(2)19(14)23-15)22-11-13-7-5-4-6-8-13/h4-10H,3,11H2,1-2H3. The van der Waals surface area contributed by atoms with E-state index in [0.29, 0.717) is 34.2 Å². The first-order valence-electron chi connectivity index (χ1n) is 7.53. The highest BCUT2D eigenvalue weighted by Gasteiger charge is 2.15. The molecule has 0 unspecified atom stereocenters. The van der Waals surface area contributed by atoms with Crippen molar-refractivity contribution in [2.24, 2.45) is 0 Å². The summed E-state index contributed by atoms with van der Waals surface area (Å²) in [6, 6.07) is 13.6. The predicted molar refractivity (Wildman–Crippen MR) is 95.1 cm³/mol. The molecule has 0 N–H and O–H groups in total.